The normalized spacial score (nSPS) is 19.4. The van der Waals surface area contributed by atoms with Crippen molar-refractivity contribution in [2.45, 2.75) is 18.2 Å². The number of esters is 1. The van der Waals surface area contributed by atoms with Gasteiger partial charge in [0, 0.05) is 24.2 Å². The van der Waals surface area contributed by atoms with Crippen molar-refractivity contribution in [3.05, 3.63) is 34.9 Å². The van der Waals surface area contributed by atoms with E-state index < -0.39 is 30.0 Å². The minimum absolute atomic E-state index is 0.0767. The number of nitrogens with one attached hydrogen (secondary N) is 1. The number of halogens is 3. The minimum Gasteiger partial charge on any atom is -0.448 e. The van der Waals surface area contributed by atoms with E-state index in [1.54, 1.807) is 0 Å². The van der Waals surface area contributed by atoms with Gasteiger partial charge >= 0.3 is 12.1 Å². The first kappa shape index (κ1) is 13.1. The molecule has 3 rings (SSSR count). The van der Waals surface area contributed by atoms with Gasteiger partial charge in [0.25, 0.3) is 0 Å². The summed E-state index contributed by atoms with van der Waals surface area (Å²) in [4.78, 5) is 23.6. The molecule has 0 atom stereocenters. The lowest BCUT2D eigenvalue weighted by molar-refractivity contribution is -0.125. The molecule has 2 aliphatic heterocycles. The molecule has 0 saturated carbocycles. The van der Waals surface area contributed by atoms with E-state index in [0.29, 0.717) is 13.1 Å². The lowest BCUT2D eigenvalue weighted by atomic mass is 9.82. The van der Waals surface area contributed by atoms with Crippen LogP contribution in [0.25, 0.3) is 0 Å². The summed E-state index contributed by atoms with van der Waals surface area (Å²) in [6.45, 7) is 0.615. The summed E-state index contributed by atoms with van der Waals surface area (Å²) in [6, 6.07) is 4.18. The first-order valence-electron chi connectivity index (χ1n) is 6.00. The summed E-state index contributed by atoms with van der Waals surface area (Å²) in [5, 5.41) is 2.91. The monoisotopic (exact) mass is 285 g/mol. The van der Waals surface area contributed by atoms with Gasteiger partial charge in [0.15, 0.2) is 11.4 Å². The van der Waals surface area contributed by atoms with E-state index in [1.807, 2.05) is 0 Å². The summed E-state index contributed by atoms with van der Waals surface area (Å²) < 4.78 is 42.4. The van der Waals surface area contributed by atoms with Gasteiger partial charge in [0.2, 0.25) is 0 Å². The molecule has 1 spiro atoms. The molecule has 1 saturated heterocycles. The lowest BCUT2D eigenvalue weighted by Gasteiger charge is -2.38. The quantitative estimate of drug-likeness (QED) is 0.665. The molecule has 1 aromatic carbocycles. The molecule has 0 amide bonds. The van der Waals surface area contributed by atoms with Gasteiger partial charge in [0.1, 0.15) is 6.42 Å². The van der Waals surface area contributed by atoms with Crippen LogP contribution in [0.1, 0.15) is 32.7 Å². The number of fused-ring (bicyclic) bond motifs is 2. The smallest absolute Gasteiger partial charge is 0.396 e. The van der Waals surface area contributed by atoms with Crippen LogP contribution in [0, 0.1) is 0 Å². The molecule has 0 unspecified atom stereocenters. The molecule has 20 heavy (non-hydrogen) atoms. The van der Waals surface area contributed by atoms with Gasteiger partial charge in [-0.15, -0.1) is 0 Å². The molecule has 0 radical (unpaired) electrons. The second kappa shape index (κ2) is 4.05. The maximum absolute atomic E-state index is 12.4. The lowest BCUT2D eigenvalue weighted by Crippen LogP contribution is -2.57. The molecule has 0 aromatic heterocycles. The van der Waals surface area contributed by atoms with Crippen molar-refractivity contribution in [1.29, 1.82) is 0 Å². The Hall–Kier alpha value is -1.89. The topological polar surface area (TPSA) is 55.4 Å². The standard InChI is InChI=1S/C13H10F3NO3/c14-13(15,16)4-9(18)7-2-1-3-8-10(7)12(5-17-6-12)20-11(8)19/h1-3,17H,4-6H2. The Kier molecular flexibility index (Phi) is 2.66. The molecule has 1 fully saturated rings. The molecule has 4 nitrogen and oxygen atoms in total. The Balaban J connectivity index is 2.06. The van der Waals surface area contributed by atoms with Gasteiger partial charge in [-0.1, -0.05) is 12.1 Å². The zero-order valence-corrected chi connectivity index (χ0v) is 10.2. The maximum Gasteiger partial charge on any atom is 0.396 e. The molecule has 1 aromatic rings. The van der Waals surface area contributed by atoms with Gasteiger partial charge in [-0.2, -0.15) is 13.2 Å². The third-order valence-corrected chi connectivity index (χ3v) is 3.51. The van der Waals surface area contributed by atoms with Gasteiger partial charge < -0.3 is 10.1 Å². The largest absolute Gasteiger partial charge is 0.448 e. The van der Waals surface area contributed by atoms with E-state index in [4.69, 9.17) is 4.74 Å². The van der Waals surface area contributed by atoms with Crippen LogP contribution in [0.15, 0.2) is 18.2 Å². The number of ketones is 1. The molecular weight excluding hydrogens is 275 g/mol. The van der Waals surface area contributed by atoms with Gasteiger partial charge in [-0.25, -0.2) is 4.79 Å². The van der Waals surface area contributed by atoms with E-state index in [0.717, 1.165) is 0 Å². The Morgan fingerprint density at radius 2 is 2.05 bits per heavy atom. The molecule has 1 N–H and O–H groups in total. The second-order valence-electron chi connectivity index (χ2n) is 4.93. The molecule has 0 bridgehead atoms. The second-order valence-corrected chi connectivity index (χ2v) is 4.93. The Labute approximate surface area is 111 Å². The zero-order chi connectivity index (χ0) is 14.5. The first-order chi connectivity index (χ1) is 9.32. The highest BCUT2D eigenvalue weighted by atomic mass is 19.4. The number of benzene rings is 1. The highest BCUT2D eigenvalue weighted by Gasteiger charge is 2.52. The average Bonchev–Trinajstić information content (AvgIpc) is 2.61. The van der Waals surface area contributed by atoms with Crippen molar-refractivity contribution in [2.75, 3.05) is 13.1 Å². The van der Waals surface area contributed by atoms with Crippen molar-refractivity contribution in [3.63, 3.8) is 0 Å². The van der Waals surface area contributed by atoms with Crippen molar-refractivity contribution in [2.24, 2.45) is 0 Å². The van der Waals surface area contributed by atoms with Crippen LogP contribution in [0.3, 0.4) is 0 Å². The van der Waals surface area contributed by atoms with Crippen LogP contribution in [-0.4, -0.2) is 31.0 Å². The van der Waals surface area contributed by atoms with Crippen LogP contribution in [0.2, 0.25) is 0 Å². The van der Waals surface area contributed by atoms with Crippen LogP contribution >= 0.6 is 0 Å². The fourth-order valence-electron chi connectivity index (χ4n) is 2.61. The zero-order valence-electron chi connectivity index (χ0n) is 10.2. The number of rotatable bonds is 2. The third kappa shape index (κ3) is 1.89. The Bertz CT molecular complexity index is 605. The fourth-order valence-corrected chi connectivity index (χ4v) is 2.61. The molecule has 0 aliphatic carbocycles. The van der Waals surface area contributed by atoms with Crippen LogP contribution in [0.4, 0.5) is 13.2 Å². The molecule has 7 heteroatoms. The van der Waals surface area contributed by atoms with Crippen molar-refractivity contribution in [1.82, 2.24) is 5.32 Å². The predicted molar refractivity (Wildman–Crippen MR) is 61.4 cm³/mol. The summed E-state index contributed by atoms with van der Waals surface area (Å²) >= 11 is 0. The summed E-state index contributed by atoms with van der Waals surface area (Å²) in [7, 11) is 0. The van der Waals surface area contributed by atoms with E-state index in [1.165, 1.54) is 18.2 Å². The average molecular weight is 285 g/mol. The SMILES string of the molecule is O=C(CC(F)(F)F)c1cccc2c1C1(CNC1)OC2=O. The van der Waals surface area contributed by atoms with Crippen molar-refractivity contribution < 1.29 is 27.5 Å². The molecule has 2 aliphatic rings. The number of ether oxygens (including phenoxy) is 1. The van der Waals surface area contributed by atoms with E-state index >= 15 is 0 Å². The molecule has 106 valence electrons. The Morgan fingerprint density at radius 3 is 2.60 bits per heavy atom. The van der Waals surface area contributed by atoms with E-state index in [9.17, 15) is 22.8 Å². The predicted octanol–water partition coefficient (Wildman–Crippen LogP) is 1.79. The van der Waals surface area contributed by atoms with E-state index in [2.05, 4.69) is 5.32 Å². The first-order valence-corrected chi connectivity index (χ1v) is 6.00. The highest BCUT2D eigenvalue weighted by Crippen LogP contribution is 2.42. The van der Waals surface area contributed by atoms with Crippen molar-refractivity contribution in [3.8, 4) is 0 Å². The van der Waals surface area contributed by atoms with Gasteiger partial charge in [-0.05, 0) is 6.07 Å². The summed E-state index contributed by atoms with van der Waals surface area (Å²) in [6.07, 6.45) is -6.12. The molecule has 2 heterocycles. The highest BCUT2D eigenvalue weighted by molar-refractivity contribution is 6.04. The maximum atomic E-state index is 12.4. The van der Waals surface area contributed by atoms with Gasteiger partial charge in [-0.3, -0.25) is 4.79 Å². The fraction of sp³-hybridized carbons (Fsp3) is 0.385. The third-order valence-electron chi connectivity index (χ3n) is 3.51. The number of hydrogen-bond donors (Lipinski definition) is 1. The summed E-state index contributed by atoms with van der Waals surface area (Å²) in [5.74, 6) is -1.64. The number of alkyl halides is 3. The number of Topliss-reactive ketones (excluding diaryl/α,β-unsaturated/α-hetero) is 1. The minimum atomic E-state index is -4.58. The van der Waals surface area contributed by atoms with Gasteiger partial charge in [0.05, 0.1) is 5.56 Å². The number of hydrogen-bond acceptors (Lipinski definition) is 4. The van der Waals surface area contributed by atoms with E-state index in [-0.39, 0.29) is 16.7 Å². The molecular formula is C13H10F3NO3. The van der Waals surface area contributed by atoms with Crippen LogP contribution in [-0.2, 0) is 10.3 Å². The number of carbonyl (C=O) groups is 2. The van der Waals surface area contributed by atoms with Crippen LogP contribution < -0.4 is 5.32 Å². The van der Waals surface area contributed by atoms with Crippen LogP contribution in [0.5, 0.6) is 0 Å². The summed E-state index contributed by atoms with van der Waals surface area (Å²) in [5.41, 5.74) is -0.589. The van der Waals surface area contributed by atoms with Crippen molar-refractivity contribution >= 4 is 11.8 Å². The Morgan fingerprint density at radius 1 is 1.35 bits per heavy atom. The number of carbonyl (C=O) groups excluding carboxylic acids is 2.